The molecular formula is C21H20BrCl2N5O. The van der Waals surface area contributed by atoms with Crippen LogP contribution in [-0.2, 0) is 19.5 Å². The van der Waals surface area contributed by atoms with Gasteiger partial charge in [0.15, 0.2) is 0 Å². The molecular weight excluding hydrogens is 489 g/mol. The van der Waals surface area contributed by atoms with Crippen molar-refractivity contribution in [3.05, 3.63) is 68.4 Å². The van der Waals surface area contributed by atoms with Crippen molar-refractivity contribution in [1.82, 2.24) is 14.8 Å². The van der Waals surface area contributed by atoms with Crippen molar-refractivity contribution >= 4 is 56.8 Å². The average Bonchev–Trinajstić information content (AvgIpc) is 2.97. The van der Waals surface area contributed by atoms with Gasteiger partial charge in [-0.3, -0.25) is 9.47 Å². The van der Waals surface area contributed by atoms with Crippen molar-refractivity contribution < 1.29 is 4.79 Å². The van der Waals surface area contributed by atoms with Crippen LogP contribution >= 0.6 is 39.1 Å². The van der Waals surface area contributed by atoms with Crippen LogP contribution in [0.15, 0.2) is 46.9 Å². The number of benzene rings is 2. The molecule has 30 heavy (non-hydrogen) atoms. The Kier molecular flexibility index (Phi) is 6.61. The maximum absolute atomic E-state index is 13.3. The van der Waals surface area contributed by atoms with Crippen molar-refractivity contribution in [2.45, 2.75) is 38.8 Å². The van der Waals surface area contributed by atoms with Crippen molar-refractivity contribution in [2.24, 2.45) is 0 Å². The molecule has 3 aromatic rings. The smallest absolute Gasteiger partial charge is 0.307 e. The lowest BCUT2D eigenvalue weighted by molar-refractivity contribution is 0.256. The van der Waals surface area contributed by atoms with Gasteiger partial charge in [-0.2, -0.15) is 0 Å². The number of nitrogens with zero attached hydrogens (tertiary/aromatic N) is 4. The van der Waals surface area contributed by atoms with Crippen LogP contribution in [0, 0.1) is 0 Å². The zero-order valence-corrected chi connectivity index (χ0v) is 19.2. The van der Waals surface area contributed by atoms with Gasteiger partial charge in [-0.25, -0.2) is 4.79 Å². The van der Waals surface area contributed by atoms with E-state index in [2.05, 4.69) is 36.0 Å². The van der Waals surface area contributed by atoms with E-state index in [4.69, 9.17) is 23.2 Å². The molecule has 0 radical (unpaired) electrons. The number of anilines is 2. The van der Waals surface area contributed by atoms with E-state index in [1.54, 1.807) is 23.1 Å². The van der Waals surface area contributed by atoms with Crippen LogP contribution in [0.3, 0.4) is 0 Å². The zero-order valence-electron chi connectivity index (χ0n) is 16.1. The molecule has 9 heteroatoms. The van der Waals surface area contributed by atoms with Crippen LogP contribution in [0.4, 0.5) is 16.4 Å². The van der Waals surface area contributed by atoms with Gasteiger partial charge in [0.2, 0.25) is 5.95 Å². The van der Waals surface area contributed by atoms with Gasteiger partial charge in [0.05, 0.1) is 16.6 Å². The third-order valence-electron chi connectivity index (χ3n) is 5.00. The van der Waals surface area contributed by atoms with E-state index in [1.165, 1.54) is 0 Å². The average molecular weight is 509 g/mol. The Morgan fingerprint density at radius 2 is 1.87 bits per heavy atom. The lowest BCUT2D eigenvalue weighted by atomic mass is 10.2. The minimum Gasteiger partial charge on any atom is -0.307 e. The van der Waals surface area contributed by atoms with Crippen molar-refractivity contribution in [1.29, 1.82) is 0 Å². The highest BCUT2D eigenvalue weighted by Gasteiger charge is 2.25. The number of urea groups is 1. The molecule has 0 spiro atoms. The van der Waals surface area contributed by atoms with Gasteiger partial charge in [0.25, 0.3) is 0 Å². The van der Waals surface area contributed by atoms with E-state index < -0.39 is 0 Å². The van der Waals surface area contributed by atoms with Crippen LogP contribution in [-0.4, -0.2) is 20.8 Å². The highest BCUT2D eigenvalue weighted by molar-refractivity contribution is 9.10. The molecule has 0 aliphatic carbocycles. The van der Waals surface area contributed by atoms with Crippen LogP contribution < -0.4 is 10.2 Å². The molecule has 4 rings (SSSR count). The zero-order chi connectivity index (χ0) is 21.1. The molecule has 1 aliphatic rings. The fourth-order valence-corrected chi connectivity index (χ4v) is 4.00. The molecule has 1 aliphatic heterocycles. The number of aromatic nitrogens is 3. The first-order valence-corrected chi connectivity index (χ1v) is 11.3. The quantitative estimate of drug-likeness (QED) is 0.449. The number of nitrogens with one attached hydrogen (secondary N) is 1. The minimum absolute atomic E-state index is 0.309. The van der Waals surface area contributed by atoms with Gasteiger partial charge in [0, 0.05) is 23.1 Å². The third-order valence-corrected chi connectivity index (χ3v) is 6.27. The van der Waals surface area contributed by atoms with E-state index >= 15 is 0 Å². The first-order chi connectivity index (χ1) is 14.5. The Bertz CT molecular complexity index is 1050. The standard InChI is InChI=1S/C21H20BrCl2N5O/c22-15-7-5-14(6-8-15)13-29(20-27-26-19-4-2-1-3-11-28(19)20)21(30)25-16-9-10-17(23)18(24)12-16/h5-10,12H,1-4,11,13H2,(H,25,30). The Morgan fingerprint density at radius 3 is 2.63 bits per heavy atom. The van der Waals surface area contributed by atoms with E-state index in [9.17, 15) is 4.79 Å². The van der Waals surface area contributed by atoms with E-state index in [0.29, 0.717) is 28.2 Å². The highest BCUT2D eigenvalue weighted by atomic mass is 79.9. The van der Waals surface area contributed by atoms with Gasteiger partial charge in [-0.15, -0.1) is 10.2 Å². The summed E-state index contributed by atoms with van der Waals surface area (Å²) in [5.41, 5.74) is 1.54. The van der Waals surface area contributed by atoms with Gasteiger partial charge >= 0.3 is 6.03 Å². The summed E-state index contributed by atoms with van der Waals surface area (Å²) in [4.78, 5) is 14.9. The third kappa shape index (κ3) is 4.79. The number of fused-ring (bicyclic) bond motifs is 1. The van der Waals surface area contributed by atoms with E-state index in [0.717, 1.165) is 48.1 Å². The van der Waals surface area contributed by atoms with Crippen molar-refractivity contribution in [3.63, 3.8) is 0 Å². The van der Waals surface area contributed by atoms with Crippen molar-refractivity contribution in [2.75, 3.05) is 10.2 Å². The Labute approximate surface area is 193 Å². The molecule has 156 valence electrons. The maximum Gasteiger partial charge on any atom is 0.329 e. The predicted molar refractivity (Wildman–Crippen MR) is 123 cm³/mol. The molecule has 0 saturated carbocycles. The van der Waals surface area contributed by atoms with Crippen molar-refractivity contribution in [3.8, 4) is 0 Å². The fraction of sp³-hybridized carbons (Fsp3) is 0.286. The number of halogens is 3. The Balaban J connectivity index is 1.66. The predicted octanol–water partition coefficient (Wildman–Crippen LogP) is 6.31. The first kappa shape index (κ1) is 21.2. The number of carbonyl (C=O) groups excluding carboxylic acids is 1. The SMILES string of the molecule is O=C(Nc1ccc(Cl)c(Cl)c1)N(Cc1ccc(Br)cc1)c1nnc2n1CCCCC2. The molecule has 0 bridgehead atoms. The molecule has 0 saturated heterocycles. The second-order valence-electron chi connectivity index (χ2n) is 7.15. The van der Waals surface area contributed by atoms with Crippen LogP contribution in [0.2, 0.25) is 10.0 Å². The Morgan fingerprint density at radius 1 is 1.07 bits per heavy atom. The van der Waals surface area contributed by atoms with Crippen LogP contribution in [0.1, 0.15) is 30.7 Å². The lowest BCUT2D eigenvalue weighted by Gasteiger charge is -2.23. The number of carbonyl (C=O) groups is 1. The molecule has 0 unspecified atom stereocenters. The minimum atomic E-state index is -0.309. The van der Waals surface area contributed by atoms with Crippen LogP contribution in [0.25, 0.3) is 0 Å². The number of amides is 2. The molecule has 0 fully saturated rings. The number of hydrogen-bond acceptors (Lipinski definition) is 3. The lowest BCUT2D eigenvalue weighted by Crippen LogP contribution is -2.36. The summed E-state index contributed by atoms with van der Waals surface area (Å²) in [6.45, 7) is 1.16. The Hall–Kier alpha value is -2.09. The summed E-state index contributed by atoms with van der Waals surface area (Å²) in [6, 6.07) is 12.5. The first-order valence-electron chi connectivity index (χ1n) is 9.71. The normalized spacial score (nSPS) is 13.4. The molecule has 1 aromatic heterocycles. The fourth-order valence-electron chi connectivity index (χ4n) is 3.44. The topological polar surface area (TPSA) is 63.1 Å². The maximum atomic E-state index is 13.3. The second kappa shape index (κ2) is 9.37. The molecule has 6 nitrogen and oxygen atoms in total. The summed E-state index contributed by atoms with van der Waals surface area (Å²) in [5, 5.41) is 12.4. The molecule has 2 amide bonds. The largest absolute Gasteiger partial charge is 0.329 e. The second-order valence-corrected chi connectivity index (χ2v) is 8.88. The summed E-state index contributed by atoms with van der Waals surface area (Å²) in [7, 11) is 0. The molecule has 2 heterocycles. The van der Waals surface area contributed by atoms with Crippen LogP contribution in [0.5, 0.6) is 0 Å². The van der Waals surface area contributed by atoms with Gasteiger partial charge < -0.3 is 5.32 Å². The number of hydrogen-bond donors (Lipinski definition) is 1. The summed E-state index contributed by atoms with van der Waals surface area (Å²) >= 11 is 15.6. The van der Waals surface area contributed by atoms with Gasteiger partial charge in [-0.05, 0) is 48.7 Å². The molecule has 2 aromatic carbocycles. The van der Waals surface area contributed by atoms with Gasteiger partial charge in [-0.1, -0.05) is 57.7 Å². The van der Waals surface area contributed by atoms with E-state index in [-0.39, 0.29) is 6.03 Å². The van der Waals surface area contributed by atoms with Gasteiger partial charge in [0.1, 0.15) is 5.82 Å². The number of rotatable bonds is 4. The monoisotopic (exact) mass is 507 g/mol. The number of aryl methyl sites for hydroxylation is 1. The summed E-state index contributed by atoms with van der Waals surface area (Å²) < 4.78 is 3.04. The highest BCUT2D eigenvalue weighted by Crippen LogP contribution is 2.27. The molecule has 1 N–H and O–H groups in total. The summed E-state index contributed by atoms with van der Waals surface area (Å²) in [5.74, 6) is 1.47. The van der Waals surface area contributed by atoms with E-state index in [1.807, 2.05) is 24.3 Å². The summed E-state index contributed by atoms with van der Waals surface area (Å²) in [6.07, 6.45) is 4.14. The molecule has 0 atom stereocenters.